The molecule has 2 aromatic heterocycles. The van der Waals surface area contributed by atoms with Gasteiger partial charge >= 0.3 is 12.1 Å². The van der Waals surface area contributed by atoms with Gasteiger partial charge in [-0.1, -0.05) is 0 Å². The smallest absolute Gasteiger partial charge is 0.475 e. The molecule has 2 aliphatic heterocycles. The van der Waals surface area contributed by atoms with Crippen LogP contribution in [-0.2, 0) is 33.7 Å². The molecule has 0 aromatic carbocycles. The van der Waals surface area contributed by atoms with Crippen molar-refractivity contribution in [2.45, 2.75) is 23.2 Å². The SMILES string of the molecule is CN1CC(=O)N(c2cnn(C)c2)CC12CCN(S(=O)(=O)c1cn(C)cn1)C2.O=C(O)C(F)(F)F. The number of carboxylic acids is 1. The number of halogens is 3. The molecule has 1 amide bonds. The van der Waals surface area contributed by atoms with Gasteiger partial charge in [-0.05, 0) is 13.5 Å². The third-order valence-corrected chi connectivity index (χ3v) is 7.49. The highest BCUT2D eigenvalue weighted by atomic mass is 32.2. The number of carbonyl (C=O) groups is 2. The lowest BCUT2D eigenvalue weighted by Crippen LogP contribution is -2.64. The molecule has 2 aromatic rings. The molecule has 2 saturated heterocycles. The van der Waals surface area contributed by atoms with Gasteiger partial charge in [-0.2, -0.15) is 22.6 Å². The average Bonchev–Trinajstić information content (AvgIpc) is 3.45. The summed E-state index contributed by atoms with van der Waals surface area (Å²) in [6.45, 7) is 1.40. The molecule has 188 valence electrons. The number of hydrogen-bond donors (Lipinski definition) is 1. The summed E-state index contributed by atoms with van der Waals surface area (Å²) in [4.78, 5) is 29.2. The van der Waals surface area contributed by atoms with Crippen LogP contribution >= 0.6 is 0 Å². The Balaban J connectivity index is 0.000000406. The van der Waals surface area contributed by atoms with Crippen molar-refractivity contribution in [2.75, 3.05) is 38.1 Å². The normalized spacial score (nSPS) is 22.2. The third kappa shape index (κ3) is 5.07. The topological polar surface area (TPSA) is 134 Å². The predicted octanol–water partition coefficient (Wildman–Crippen LogP) is -0.101. The lowest BCUT2D eigenvalue weighted by molar-refractivity contribution is -0.192. The summed E-state index contributed by atoms with van der Waals surface area (Å²) < 4.78 is 62.4. The van der Waals surface area contributed by atoms with Gasteiger partial charge in [0.25, 0.3) is 10.0 Å². The van der Waals surface area contributed by atoms with E-state index in [1.54, 1.807) is 40.6 Å². The summed E-state index contributed by atoms with van der Waals surface area (Å²) in [5.41, 5.74) is 0.312. The number of rotatable bonds is 3. The zero-order valence-electron chi connectivity index (χ0n) is 18.6. The van der Waals surface area contributed by atoms with Crippen LogP contribution in [0.3, 0.4) is 0 Å². The van der Waals surface area contributed by atoms with E-state index in [0.29, 0.717) is 26.1 Å². The molecule has 0 aliphatic carbocycles. The van der Waals surface area contributed by atoms with Gasteiger partial charge in [-0.25, -0.2) is 18.2 Å². The number of imidazole rings is 1. The molecule has 1 unspecified atom stereocenters. The summed E-state index contributed by atoms with van der Waals surface area (Å²) >= 11 is 0. The highest BCUT2D eigenvalue weighted by molar-refractivity contribution is 7.89. The molecule has 2 aliphatic rings. The van der Waals surface area contributed by atoms with Crippen molar-refractivity contribution in [1.29, 1.82) is 0 Å². The Hall–Kier alpha value is -2.98. The van der Waals surface area contributed by atoms with E-state index in [-0.39, 0.29) is 17.5 Å². The highest BCUT2D eigenvalue weighted by Crippen LogP contribution is 2.35. The number of amides is 1. The Labute approximate surface area is 193 Å². The zero-order valence-corrected chi connectivity index (χ0v) is 19.4. The van der Waals surface area contributed by atoms with Crippen LogP contribution in [0.2, 0.25) is 0 Å². The van der Waals surface area contributed by atoms with E-state index in [4.69, 9.17) is 9.90 Å². The van der Waals surface area contributed by atoms with Gasteiger partial charge < -0.3 is 14.6 Å². The van der Waals surface area contributed by atoms with Crippen molar-refractivity contribution in [1.82, 2.24) is 28.5 Å². The second-order valence-electron chi connectivity index (χ2n) is 8.20. The van der Waals surface area contributed by atoms with Crippen molar-refractivity contribution < 1.29 is 36.3 Å². The van der Waals surface area contributed by atoms with Gasteiger partial charge in [-0.15, -0.1) is 0 Å². The number of piperazine rings is 1. The Bertz CT molecular complexity index is 1180. The summed E-state index contributed by atoms with van der Waals surface area (Å²) in [7, 11) is 1.77. The van der Waals surface area contributed by atoms with Gasteiger partial charge in [0.2, 0.25) is 5.91 Å². The first-order valence-electron chi connectivity index (χ1n) is 9.94. The van der Waals surface area contributed by atoms with Crippen molar-refractivity contribution >= 4 is 27.6 Å². The predicted molar refractivity (Wildman–Crippen MR) is 111 cm³/mol. The molecule has 0 radical (unpaired) electrons. The number of carboxylic acid groups (broad SMARTS) is 1. The number of anilines is 1. The number of nitrogens with zero attached hydrogens (tertiary/aromatic N) is 7. The van der Waals surface area contributed by atoms with Crippen molar-refractivity contribution in [3.63, 3.8) is 0 Å². The first kappa shape index (κ1) is 25.6. The van der Waals surface area contributed by atoms with Gasteiger partial charge in [0.15, 0.2) is 5.03 Å². The second-order valence-corrected chi connectivity index (χ2v) is 10.1. The van der Waals surface area contributed by atoms with E-state index in [0.717, 1.165) is 5.69 Å². The standard InChI is InChI=1S/C16H23N7O3S.C2HF3O2/c1-19-8-14(17-12-19)27(25,26)22-5-4-16(10-22)11-23(15(24)9-20(16)2)13-6-18-21(3)7-13;3-2(4,5)1(6)7/h6-8,12H,4-5,9-11H2,1-3H3;(H,6,7). The molecule has 1 spiro atoms. The fourth-order valence-corrected chi connectivity index (χ4v) is 5.35. The van der Waals surface area contributed by atoms with Crippen LogP contribution in [0.1, 0.15) is 6.42 Å². The molecule has 4 rings (SSSR count). The van der Waals surface area contributed by atoms with Gasteiger partial charge in [0.05, 0.1) is 30.3 Å². The molecule has 1 atom stereocenters. The van der Waals surface area contributed by atoms with Gasteiger partial charge in [0.1, 0.15) is 0 Å². The van der Waals surface area contributed by atoms with E-state index in [9.17, 15) is 26.4 Å². The van der Waals surface area contributed by atoms with Crippen molar-refractivity contribution in [3.8, 4) is 0 Å². The number of likely N-dealkylation sites (N-methyl/N-ethyl adjacent to an activating group) is 1. The number of sulfonamides is 1. The van der Waals surface area contributed by atoms with E-state index < -0.39 is 27.7 Å². The lowest BCUT2D eigenvalue weighted by Gasteiger charge is -2.46. The first-order chi connectivity index (χ1) is 15.7. The van der Waals surface area contributed by atoms with Crippen LogP contribution in [0, 0.1) is 0 Å². The number of aromatic nitrogens is 4. The average molecular weight is 507 g/mol. The van der Waals surface area contributed by atoms with Crippen LogP contribution in [0.25, 0.3) is 0 Å². The summed E-state index contributed by atoms with van der Waals surface area (Å²) in [6.07, 6.45) is 2.02. The Kier molecular flexibility index (Phi) is 6.78. The van der Waals surface area contributed by atoms with Crippen LogP contribution in [0.15, 0.2) is 29.9 Å². The van der Waals surface area contributed by atoms with Gasteiger partial charge in [0, 0.05) is 46.1 Å². The molecular formula is C18H24F3N7O5S. The van der Waals surface area contributed by atoms with Crippen LogP contribution < -0.4 is 4.90 Å². The maximum atomic E-state index is 12.9. The Morgan fingerprint density at radius 3 is 2.32 bits per heavy atom. The fraction of sp³-hybridized carbons (Fsp3) is 0.556. The monoisotopic (exact) mass is 507 g/mol. The quantitative estimate of drug-likeness (QED) is 0.609. The number of aliphatic carboxylic acids is 1. The molecule has 2 fully saturated rings. The number of hydrogen-bond acceptors (Lipinski definition) is 7. The summed E-state index contributed by atoms with van der Waals surface area (Å²) in [6, 6.07) is 0. The summed E-state index contributed by atoms with van der Waals surface area (Å²) in [5, 5.41) is 11.3. The second kappa shape index (κ2) is 8.99. The van der Waals surface area contributed by atoms with E-state index >= 15 is 0 Å². The molecule has 1 N–H and O–H groups in total. The number of aryl methyl sites for hydroxylation is 2. The molecule has 0 bridgehead atoms. The van der Waals surface area contributed by atoms with Crippen molar-refractivity contribution in [2.24, 2.45) is 14.1 Å². The van der Waals surface area contributed by atoms with E-state index in [2.05, 4.69) is 10.1 Å². The fourth-order valence-electron chi connectivity index (χ4n) is 3.86. The maximum absolute atomic E-state index is 12.9. The maximum Gasteiger partial charge on any atom is 0.490 e. The Morgan fingerprint density at radius 1 is 1.18 bits per heavy atom. The van der Waals surface area contributed by atoms with Crippen LogP contribution in [0.4, 0.5) is 18.9 Å². The van der Waals surface area contributed by atoms with Gasteiger partial charge in [-0.3, -0.25) is 14.4 Å². The summed E-state index contributed by atoms with van der Waals surface area (Å²) in [5.74, 6) is -2.77. The number of carbonyl (C=O) groups excluding carboxylic acids is 1. The van der Waals surface area contributed by atoms with E-state index in [1.165, 1.54) is 16.8 Å². The van der Waals surface area contributed by atoms with Crippen LogP contribution in [-0.4, -0.2) is 98.9 Å². The Morgan fingerprint density at radius 2 is 1.82 bits per heavy atom. The first-order valence-corrected chi connectivity index (χ1v) is 11.4. The minimum absolute atomic E-state index is 0.0119. The molecule has 0 saturated carbocycles. The molecule has 4 heterocycles. The largest absolute Gasteiger partial charge is 0.490 e. The van der Waals surface area contributed by atoms with Crippen molar-refractivity contribution in [3.05, 3.63) is 24.9 Å². The highest BCUT2D eigenvalue weighted by Gasteiger charge is 2.50. The minimum atomic E-state index is -5.08. The lowest BCUT2D eigenvalue weighted by atomic mass is 9.93. The molecule has 34 heavy (non-hydrogen) atoms. The molecule has 12 nitrogen and oxygen atoms in total. The molecular weight excluding hydrogens is 483 g/mol. The third-order valence-electron chi connectivity index (χ3n) is 5.76. The minimum Gasteiger partial charge on any atom is -0.475 e. The zero-order chi connectivity index (χ0) is 25.5. The van der Waals surface area contributed by atoms with E-state index in [1.807, 2.05) is 11.9 Å². The molecule has 16 heteroatoms. The van der Waals surface area contributed by atoms with Crippen LogP contribution in [0.5, 0.6) is 0 Å². The number of alkyl halides is 3.